The van der Waals surface area contributed by atoms with Gasteiger partial charge in [0.15, 0.2) is 5.90 Å². The Morgan fingerprint density at radius 3 is 1.72 bits per heavy atom. The van der Waals surface area contributed by atoms with Crippen LogP contribution in [0.1, 0.15) is 33.8 Å². The zero-order valence-electron chi connectivity index (χ0n) is 16.8. The number of pyridine rings is 2. The topological polar surface area (TPSA) is 119 Å². The van der Waals surface area contributed by atoms with Crippen LogP contribution >= 0.6 is 0 Å². The number of para-hydroxylation sites is 2. The number of hydrogen-bond donors (Lipinski definition) is 1. The highest BCUT2D eigenvalue weighted by molar-refractivity contribution is 6.00. The van der Waals surface area contributed by atoms with Gasteiger partial charge in [0, 0.05) is 17.2 Å². The molecule has 8 nitrogen and oxygen atoms in total. The Balaban J connectivity index is 1.29. The van der Waals surface area contributed by atoms with E-state index in [4.69, 9.17) is 14.9 Å². The summed E-state index contributed by atoms with van der Waals surface area (Å²) in [6.07, 6.45) is -0.521. The molecule has 0 unspecified atom stereocenters. The largest absolute Gasteiger partial charge is 0.407 e. The van der Waals surface area contributed by atoms with Gasteiger partial charge in [0.05, 0.1) is 17.5 Å². The van der Waals surface area contributed by atoms with Crippen LogP contribution in [0.4, 0.5) is 0 Å². The maximum absolute atomic E-state index is 12.2. The molecular formula is C24H17N3O5. The van der Waals surface area contributed by atoms with Gasteiger partial charge in [-0.05, 0) is 24.3 Å². The first-order chi connectivity index (χ1) is 15.5. The average molecular weight is 427 g/mol. The van der Waals surface area contributed by atoms with Crippen molar-refractivity contribution in [3.8, 4) is 0 Å². The maximum Gasteiger partial charge on any atom is 0.364 e. The molecule has 0 radical (unpaired) electrons. The minimum absolute atomic E-state index is 0.000864. The third-order valence-electron chi connectivity index (χ3n) is 4.59. The third-order valence-corrected chi connectivity index (χ3v) is 4.59. The van der Waals surface area contributed by atoms with Crippen molar-refractivity contribution >= 4 is 45.6 Å². The van der Waals surface area contributed by atoms with Gasteiger partial charge in [-0.25, -0.2) is 19.6 Å². The molecule has 2 aromatic carbocycles. The highest BCUT2D eigenvalue weighted by Gasteiger charge is 2.18. The van der Waals surface area contributed by atoms with Crippen molar-refractivity contribution in [3.05, 3.63) is 84.2 Å². The fraction of sp³-hybridized carbons (Fsp3) is 0.0833. The summed E-state index contributed by atoms with van der Waals surface area (Å²) in [6.45, 7) is 0. The Labute approximate surface area is 182 Å². The first-order valence-electron chi connectivity index (χ1n) is 9.76. The molecule has 0 bridgehead atoms. The van der Waals surface area contributed by atoms with E-state index in [0.29, 0.717) is 11.0 Å². The first-order valence-corrected chi connectivity index (χ1v) is 9.76. The molecule has 0 spiro atoms. The zero-order chi connectivity index (χ0) is 22.5. The normalized spacial score (nSPS) is 10.6. The monoisotopic (exact) mass is 427 g/mol. The lowest BCUT2D eigenvalue weighted by molar-refractivity contribution is -0.137. The molecule has 0 aliphatic carbocycles. The highest BCUT2D eigenvalue weighted by atomic mass is 16.6. The molecule has 32 heavy (non-hydrogen) atoms. The van der Waals surface area contributed by atoms with Crippen LogP contribution in [0.2, 0.25) is 0 Å². The first kappa shape index (κ1) is 20.8. The second-order valence-electron chi connectivity index (χ2n) is 6.85. The summed E-state index contributed by atoms with van der Waals surface area (Å²) in [5, 5.41) is 9.51. The van der Waals surface area contributed by atoms with E-state index in [-0.39, 0.29) is 24.2 Å². The summed E-state index contributed by atoms with van der Waals surface area (Å²) in [5.74, 6) is -2.97. The molecule has 4 rings (SSSR count). The lowest BCUT2D eigenvalue weighted by Gasteiger charge is -2.06. The van der Waals surface area contributed by atoms with E-state index >= 15 is 0 Å². The van der Waals surface area contributed by atoms with Crippen LogP contribution in [-0.2, 0) is 14.3 Å². The molecule has 0 atom stereocenters. The Kier molecular flexibility index (Phi) is 5.94. The van der Waals surface area contributed by atoms with Gasteiger partial charge >= 0.3 is 17.9 Å². The summed E-state index contributed by atoms with van der Waals surface area (Å²) in [7, 11) is 0. The molecule has 0 aliphatic rings. The van der Waals surface area contributed by atoms with Crippen molar-refractivity contribution < 1.29 is 23.9 Å². The number of carbonyl (C=O) groups is 3. The van der Waals surface area contributed by atoms with Crippen LogP contribution in [-0.4, -0.2) is 33.8 Å². The second kappa shape index (κ2) is 9.13. The summed E-state index contributed by atoms with van der Waals surface area (Å²) < 4.78 is 9.73. The number of rotatable bonds is 5. The molecule has 158 valence electrons. The van der Waals surface area contributed by atoms with Gasteiger partial charge in [0.2, 0.25) is 0 Å². The maximum atomic E-state index is 12.2. The Morgan fingerprint density at radius 2 is 1.16 bits per heavy atom. The smallest absolute Gasteiger partial charge is 0.364 e. The number of fused-ring (bicyclic) bond motifs is 2. The van der Waals surface area contributed by atoms with Crippen molar-refractivity contribution in [2.45, 2.75) is 12.8 Å². The fourth-order valence-corrected chi connectivity index (χ4v) is 3.00. The molecule has 2 heterocycles. The summed E-state index contributed by atoms with van der Waals surface area (Å²) in [5.41, 5.74) is 1.28. The molecule has 0 saturated carbocycles. The molecule has 0 amide bonds. The van der Waals surface area contributed by atoms with E-state index in [2.05, 4.69) is 9.97 Å². The van der Waals surface area contributed by atoms with Gasteiger partial charge in [-0.3, -0.25) is 10.2 Å². The van der Waals surface area contributed by atoms with E-state index in [1.165, 1.54) is 12.1 Å². The van der Waals surface area contributed by atoms with Crippen molar-refractivity contribution in [2.24, 2.45) is 0 Å². The second-order valence-corrected chi connectivity index (χ2v) is 6.85. The van der Waals surface area contributed by atoms with Crippen LogP contribution in [0.15, 0.2) is 72.8 Å². The number of nitrogens with one attached hydrogen (secondary N) is 1. The number of esters is 3. The van der Waals surface area contributed by atoms with Gasteiger partial charge in [-0.15, -0.1) is 0 Å². The van der Waals surface area contributed by atoms with Gasteiger partial charge in [0.25, 0.3) is 0 Å². The van der Waals surface area contributed by atoms with Crippen LogP contribution < -0.4 is 0 Å². The van der Waals surface area contributed by atoms with Crippen molar-refractivity contribution in [3.63, 3.8) is 0 Å². The SMILES string of the molecule is N=C(CCC(=O)OC(=O)c1ccc2ccccc2n1)OC(=O)c1ccc2ccccc2n1. The van der Waals surface area contributed by atoms with Gasteiger partial charge in [0.1, 0.15) is 11.4 Å². The molecule has 0 fully saturated rings. The van der Waals surface area contributed by atoms with Crippen LogP contribution in [0.3, 0.4) is 0 Å². The van der Waals surface area contributed by atoms with Crippen molar-refractivity contribution in [1.29, 1.82) is 5.41 Å². The molecule has 4 aromatic rings. The minimum atomic E-state index is -0.885. The number of carbonyl (C=O) groups excluding carboxylic acids is 3. The Bertz CT molecular complexity index is 1260. The zero-order valence-corrected chi connectivity index (χ0v) is 16.8. The van der Waals surface area contributed by atoms with Crippen molar-refractivity contribution in [1.82, 2.24) is 9.97 Å². The van der Waals surface area contributed by atoms with Gasteiger partial charge < -0.3 is 9.47 Å². The van der Waals surface area contributed by atoms with E-state index in [0.717, 1.165) is 10.8 Å². The molecule has 0 saturated heterocycles. The third kappa shape index (κ3) is 4.81. The van der Waals surface area contributed by atoms with Crippen LogP contribution in [0.25, 0.3) is 21.8 Å². The van der Waals surface area contributed by atoms with E-state index in [1.54, 1.807) is 36.4 Å². The van der Waals surface area contributed by atoms with Crippen LogP contribution in [0.5, 0.6) is 0 Å². The molecule has 8 heteroatoms. The van der Waals surface area contributed by atoms with Crippen LogP contribution in [0, 0.1) is 5.41 Å². The minimum Gasteiger partial charge on any atom is -0.407 e. The lowest BCUT2D eigenvalue weighted by atomic mass is 10.2. The van der Waals surface area contributed by atoms with Gasteiger partial charge in [-0.1, -0.05) is 48.5 Å². The molecule has 2 aromatic heterocycles. The van der Waals surface area contributed by atoms with E-state index in [9.17, 15) is 14.4 Å². The summed E-state index contributed by atoms with van der Waals surface area (Å²) in [4.78, 5) is 44.7. The Hall–Kier alpha value is -4.46. The highest BCUT2D eigenvalue weighted by Crippen LogP contribution is 2.14. The van der Waals surface area contributed by atoms with E-state index < -0.39 is 23.8 Å². The molecule has 0 aliphatic heterocycles. The quantitative estimate of drug-likeness (QED) is 0.221. The van der Waals surface area contributed by atoms with E-state index in [1.807, 2.05) is 24.3 Å². The predicted octanol–water partition coefficient (Wildman–Crippen LogP) is 4.08. The van der Waals surface area contributed by atoms with Gasteiger partial charge in [-0.2, -0.15) is 0 Å². The lowest BCUT2D eigenvalue weighted by Crippen LogP contribution is -2.17. The molecular weight excluding hydrogens is 410 g/mol. The van der Waals surface area contributed by atoms with Crippen molar-refractivity contribution in [2.75, 3.05) is 0 Å². The average Bonchev–Trinajstić information content (AvgIpc) is 2.82. The summed E-state index contributed by atoms with van der Waals surface area (Å²) in [6, 6.07) is 20.9. The standard InChI is InChI=1S/C24H17N3O5/c25-21(31-23(29)19-11-9-15-5-1-3-7-17(15)26-19)13-14-22(28)32-24(30)20-12-10-16-6-2-4-8-18(16)27-20/h1-12,25H,13-14H2. The number of aromatic nitrogens is 2. The number of ether oxygens (including phenoxy) is 2. The number of benzene rings is 2. The summed E-state index contributed by atoms with van der Waals surface area (Å²) >= 11 is 0. The number of nitrogens with zero attached hydrogens (tertiary/aromatic N) is 2. The fourth-order valence-electron chi connectivity index (χ4n) is 3.00. The molecule has 1 N–H and O–H groups in total. The number of hydrogen-bond acceptors (Lipinski definition) is 8. The Morgan fingerprint density at radius 1 is 0.656 bits per heavy atom. The predicted molar refractivity (Wildman–Crippen MR) is 116 cm³/mol.